The number of hydrogen-bond acceptors (Lipinski definition) is 6. The lowest BCUT2D eigenvalue weighted by atomic mass is 10.2. The average molecular weight is 368 g/mol. The van der Waals surface area contributed by atoms with E-state index in [9.17, 15) is 23.3 Å². The van der Waals surface area contributed by atoms with Gasteiger partial charge >= 0.3 is 0 Å². The van der Waals surface area contributed by atoms with Gasteiger partial charge in [0.05, 0.1) is 15.4 Å². The molecular weight excluding hydrogens is 348 g/mol. The highest BCUT2D eigenvalue weighted by atomic mass is 32.2. The van der Waals surface area contributed by atoms with Crippen LogP contribution in [0.25, 0.3) is 0 Å². The molecule has 1 saturated heterocycles. The van der Waals surface area contributed by atoms with Gasteiger partial charge < -0.3 is 10.6 Å². The maximum Gasteiger partial charge on any atom is 0.270 e. The van der Waals surface area contributed by atoms with Gasteiger partial charge in [-0.2, -0.15) is 4.31 Å². The third kappa shape index (κ3) is 3.24. The Bertz CT molecular complexity index is 826. The van der Waals surface area contributed by atoms with Crippen molar-refractivity contribution >= 4 is 21.6 Å². The van der Waals surface area contributed by atoms with Gasteiger partial charge in [-0.05, 0) is 25.3 Å². The number of carbonyl (C=O) groups is 1. The summed E-state index contributed by atoms with van der Waals surface area (Å²) in [7, 11) is -3.86. The molecule has 9 nitrogen and oxygen atoms in total. The zero-order valence-corrected chi connectivity index (χ0v) is 14.7. The maximum atomic E-state index is 12.8. The van der Waals surface area contributed by atoms with Gasteiger partial charge in [0.1, 0.15) is 0 Å². The van der Waals surface area contributed by atoms with E-state index >= 15 is 0 Å². The standard InChI is InChI=1S/C15H20N4O5S/c1-11-2-3-12(19(21)22)10-13(11)25(23,24)18-8-6-17(7-9-18)14(20)15(16)4-5-15/h2-3,10H,4-9,16H2,1H3. The zero-order chi connectivity index (χ0) is 18.4. The number of rotatable bonds is 4. The van der Waals surface area contributed by atoms with E-state index in [1.165, 1.54) is 16.4 Å². The van der Waals surface area contributed by atoms with Crippen molar-refractivity contribution in [3.8, 4) is 0 Å². The highest BCUT2D eigenvalue weighted by Crippen LogP contribution is 2.34. The first-order valence-corrected chi connectivity index (χ1v) is 9.43. The molecule has 2 fully saturated rings. The van der Waals surface area contributed by atoms with Crippen molar-refractivity contribution < 1.29 is 18.1 Å². The molecule has 3 rings (SSSR count). The van der Waals surface area contributed by atoms with Gasteiger partial charge in [-0.15, -0.1) is 0 Å². The number of nitrogens with two attached hydrogens (primary N) is 1. The molecule has 1 amide bonds. The molecule has 0 atom stereocenters. The Balaban J connectivity index is 1.77. The van der Waals surface area contributed by atoms with Crippen LogP contribution in [0.2, 0.25) is 0 Å². The van der Waals surface area contributed by atoms with Crippen molar-refractivity contribution in [1.29, 1.82) is 0 Å². The Kier molecular flexibility index (Phi) is 4.30. The number of nitro groups is 1. The fourth-order valence-corrected chi connectivity index (χ4v) is 4.58. The summed E-state index contributed by atoms with van der Waals surface area (Å²) in [5, 5.41) is 10.9. The molecule has 25 heavy (non-hydrogen) atoms. The minimum atomic E-state index is -3.86. The Labute approximate surface area is 145 Å². The van der Waals surface area contributed by atoms with Crippen LogP contribution < -0.4 is 5.73 Å². The van der Waals surface area contributed by atoms with Crippen LogP contribution in [0.15, 0.2) is 23.1 Å². The van der Waals surface area contributed by atoms with Crippen molar-refractivity contribution in [2.24, 2.45) is 5.73 Å². The molecule has 1 heterocycles. The van der Waals surface area contributed by atoms with E-state index in [1.807, 2.05) is 0 Å². The summed E-state index contributed by atoms with van der Waals surface area (Å²) in [6.07, 6.45) is 1.33. The van der Waals surface area contributed by atoms with E-state index in [-0.39, 0.29) is 42.7 Å². The van der Waals surface area contributed by atoms with Gasteiger partial charge in [-0.25, -0.2) is 8.42 Å². The normalized spacial score (nSPS) is 20.3. The monoisotopic (exact) mass is 368 g/mol. The van der Waals surface area contributed by atoms with Gasteiger partial charge in [0.15, 0.2) is 0 Å². The van der Waals surface area contributed by atoms with Gasteiger partial charge in [-0.1, -0.05) is 6.07 Å². The average Bonchev–Trinajstić information content (AvgIpc) is 3.33. The number of nitro benzene ring substituents is 1. The lowest BCUT2D eigenvalue weighted by molar-refractivity contribution is -0.385. The summed E-state index contributed by atoms with van der Waals surface area (Å²) < 4.78 is 27.0. The quantitative estimate of drug-likeness (QED) is 0.598. The number of sulfonamides is 1. The summed E-state index contributed by atoms with van der Waals surface area (Å²) in [6.45, 7) is 2.43. The van der Waals surface area contributed by atoms with Crippen molar-refractivity contribution in [3.63, 3.8) is 0 Å². The number of aryl methyl sites for hydroxylation is 1. The molecule has 10 heteroatoms. The molecule has 0 bridgehead atoms. The third-order valence-electron chi connectivity index (χ3n) is 4.74. The summed E-state index contributed by atoms with van der Waals surface area (Å²) in [5.41, 5.74) is 5.32. The molecular formula is C15H20N4O5S. The zero-order valence-electron chi connectivity index (χ0n) is 13.8. The topological polar surface area (TPSA) is 127 Å². The minimum Gasteiger partial charge on any atom is -0.338 e. The highest BCUT2D eigenvalue weighted by Gasteiger charge is 2.48. The summed E-state index contributed by atoms with van der Waals surface area (Å²) in [5.74, 6) is -0.129. The molecule has 1 saturated carbocycles. The predicted octanol–water partition coefficient (Wildman–Crippen LogP) is 0.227. The molecule has 1 aliphatic carbocycles. The molecule has 1 aromatic carbocycles. The second kappa shape index (κ2) is 6.04. The van der Waals surface area contributed by atoms with Crippen LogP contribution in [0.1, 0.15) is 18.4 Å². The molecule has 0 radical (unpaired) electrons. The van der Waals surface area contributed by atoms with Gasteiger partial charge in [0.2, 0.25) is 15.9 Å². The lowest BCUT2D eigenvalue weighted by Gasteiger charge is -2.35. The van der Waals surface area contributed by atoms with Gasteiger partial charge in [0.25, 0.3) is 5.69 Å². The molecule has 2 aliphatic rings. The van der Waals surface area contributed by atoms with Crippen molar-refractivity contribution in [2.75, 3.05) is 26.2 Å². The third-order valence-corrected chi connectivity index (χ3v) is 6.78. The first kappa shape index (κ1) is 17.8. The van der Waals surface area contributed by atoms with Crippen LogP contribution in [0.3, 0.4) is 0 Å². The molecule has 1 aliphatic heterocycles. The molecule has 0 spiro atoms. The summed E-state index contributed by atoms with van der Waals surface area (Å²) >= 11 is 0. The molecule has 1 aromatic rings. The van der Waals surface area contributed by atoms with E-state index in [0.717, 1.165) is 6.07 Å². The van der Waals surface area contributed by atoms with Crippen LogP contribution in [0.4, 0.5) is 5.69 Å². The van der Waals surface area contributed by atoms with Crippen LogP contribution >= 0.6 is 0 Å². The van der Waals surface area contributed by atoms with E-state index in [4.69, 9.17) is 5.73 Å². The maximum absolute atomic E-state index is 12.8. The summed E-state index contributed by atoms with van der Waals surface area (Å²) in [6, 6.07) is 3.79. The molecule has 0 aromatic heterocycles. The Morgan fingerprint density at radius 3 is 2.36 bits per heavy atom. The Morgan fingerprint density at radius 2 is 1.84 bits per heavy atom. The number of amides is 1. The van der Waals surface area contributed by atoms with Crippen LogP contribution in [-0.2, 0) is 14.8 Å². The first-order chi connectivity index (χ1) is 11.6. The summed E-state index contributed by atoms with van der Waals surface area (Å²) in [4.78, 5) is 24.1. The van der Waals surface area contributed by atoms with E-state index in [1.54, 1.807) is 11.8 Å². The van der Waals surface area contributed by atoms with Crippen molar-refractivity contribution in [3.05, 3.63) is 33.9 Å². The van der Waals surface area contributed by atoms with Crippen LogP contribution in [0, 0.1) is 17.0 Å². The van der Waals surface area contributed by atoms with E-state index in [0.29, 0.717) is 18.4 Å². The Hall–Kier alpha value is -2.04. The number of carbonyl (C=O) groups excluding carboxylic acids is 1. The van der Waals surface area contributed by atoms with Gasteiger partial charge in [0, 0.05) is 38.3 Å². The fraction of sp³-hybridized carbons (Fsp3) is 0.533. The van der Waals surface area contributed by atoms with Crippen molar-refractivity contribution in [2.45, 2.75) is 30.2 Å². The number of benzene rings is 1. The Morgan fingerprint density at radius 1 is 1.24 bits per heavy atom. The lowest BCUT2D eigenvalue weighted by Crippen LogP contribution is -2.55. The van der Waals surface area contributed by atoms with E-state index in [2.05, 4.69) is 0 Å². The van der Waals surface area contributed by atoms with E-state index < -0.39 is 20.5 Å². The number of non-ortho nitro benzene ring substituents is 1. The fourth-order valence-electron chi connectivity index (χ4n) is 2.91. The number of nitrogens with zero attached hydrogens (tertiary/aromatic N) is 3. The minimum absolute atomic E-state index is 0.0704. The van der Waals surface area contributed by atoms with Gasteiger partial charge in [-0.3, -0.25) is 14.9 Å². The highest BCUT2D eigenvalue weighted by molar-refractivity contribution is 7.89. The number of hydrogen-bond donors (Lipinski definition) is 1. The molecule has 2 N–H and O–H groups in total. The second-order valence-corrected chi connectivity index (χ2v) is 8.47. The molecule has 0 unspecified atom stereocenters. The largest absolute Gasteiger partial charge is 0.338 e. The smallest absolute Gasteiger partial charge is 0.270 e. The molecule has 136 valence electrons. The van der Waals surface area contributed by atoms with Crippen LogP contribution in [0.5, 0.6) is 0 Å². The van der Waals surface area contributed by atoms with Crippen molar-refractivity contribution in [1.82, 2.24) is 9.21 Å². The predicted molar refractivity (Wildman–Crippen MR) is 89.3 cm³/mol. The number of piperazine rings is 1. The SMILES string of the molecule is Cc1ccc([N+](=O)[O-])cc1S(=O)(=O)N1CCN(C(=O)C2(N)CC2)CC1. The van der Waals surface area contributed by atoms with Crippen LogP contribution in [-0.4, -0.2) is 60.2 Å². The second-order valence-electron chi connectivity index (χ2n) is 6.56. The first-order valence-electron chi connectivity index (χ1n) is 7.99.